The standard InChI is InChI=1S/C13H12O3/c1-2-10-6-3-4-7-11(10)16-13(14)12-8-5-9-15-12/h3-9H,2H2,1H3. The lowest BCUT2D eigenvalue weighted by Crippen LogP contribution is -2.08. The third-order valence-electron chi connectivity index (χ3n) is 2.28. The SMILES string of the molecule is CCc1ccccc1OC(=O)c1ccco1. The number of para-hydroxylation sites is 1. The van der Waals surface area contributed by atoms with Gasteiger partial charge in [-0.1, -0.05) is 25.1 Å². The van der Waals surface area contributed by atoms with Crippen molar-refractivity contribution in [2.24, 2.45) is 0 Å². The van der Waals surface area contributed by atoms with E-state index in [1.165, 1.54) is 6.26 Å². The molecule has 0 saturated carbocycles. The number of benzene rings is 1. The van der Waals surface area contributed by atoms with Crippen molar-refractivity contribution in [2.45, 2.75) is 13.3 Å². The van der Waals surface area contributed by atoms with E-state index in [9.17, 15) is 4.79 Å². The van der Waals surface area contributed by atoms with Gasteiger partial charge in [-0.3, -0.25) is 0 Å². The lowest BCUT2D eigenvalue weighted by Gasteiger charge is -2.06. The van der Waals surface area contributed by atoms with Crippen molar-refractivity contribution in [2.75, 3.05) is 0 Å². The largest absolute Gasteiger partial charge is 0.457 e. The minimum absolute atomic E-state index is 0.214. The van der Waals surface area contributed by atoms with Crippen molar-refractivity contribution in [3.8, 4) is 5.75 Å². The Morgan fingerprint density at radius 2 is 2.06 bits per heavy atom. The van der Waals surface area contributed by atoms with Crippen LogP contribution in [0.4, 0.5) is 0 Å². The Balaban J connectivity index is 2.18. The van der Waals surface area contributed by atoms with E-state index < -0.39 is 5.97 Å². The number of esters is 1. The van der Waals surface area contributed by atoms with Crippen LogP contribution in [0.25, 0.3) is 0 Å². The van der Waals surface area contributed by atoms with Crippen LogP contribution in [-0.2, 0) is 6.42 Å². The summed E-state index contributed by atoms with van der Waals surface area (Å²) in [5.74, 6) is 0.336. The number of ether oxygens (including phenoxy) is 1. The maximum absolute atomic E-state index is 11.6. The first kappa shape index (κ1) is 10.5. The van der Waals surface area contributed by atoms with Crippen LogP contribution in [-0.4, -0.2) is 5.97 Å². The average Bonchev–Trinajstić information content (AvgIpc) is 2.83. The molecule has 0 spiro atoms. The monoisotopic (exact) mass is 216 g/mol. The lowest BCUT2D eigenvalue weighted by molar-refractivity contribution is 0.0700. The molecule has 2 aromatic rings. The Hall–Kier alpha value is -2.03. The molecule has 0 amide bonds. The first-order valence-electron chi connectivity index (χ1n) is 5.15. The summed E-state index contributed by atoms with van der Waals surface area (Å²) in [5, 5.41) is 0. The van der Waals surface area contributed by atoms with E-state index in [1.54, 1.807) is 18.2 Å². The van der Waals surface area contributed by atoms with Crippen LogP contribution < -0.4 is 4.74 Å². The number of furan rings is 1. The molecule has 0 aliphatic rings. The summed E-state index contributed by atoms with van der Waals surface area (Å²) in [4.78, 5) is 11.6. The molecule has 1 heterocycles. The smallest absolute Gasteiger partial charge is 0.379 e. The molecule has 3 nitrogen and oxygen atoms in total. The first-order valence-corrected chi connectivity index (χ1v) is 5.15. The molecule has 0 radical (unpaired) electrons. The molecule has 0 unspecified atom stereocenters. The second-order valence-electron chi connectivity index (χ2n) is 3.33. The second kappa shape index (κ2) is 4.66. The van der Waals surface area contributed by atoms with E-state index in [1.807, 2.05) is 25.1 Å². The summed E-state index contributed by atoms with van der Waals surface area (Å²) in [5.41, 5.74) is 1.00. The maximum Gasteiger partial charge on any atom is 0.379 e. The zero-order chi connectivity index (χ0) is 11.4. The van der Waals surface area contributed by atoms with Gasteiger partial charge in [0.1, 0.15) is 5.75 Å². The highest BCUT2D eigenvalue weighted by Gasteiger charge is 2.12. The molecule has 0 fully saturated rings. The van der Waals surface area contributed by atoms with Crippen LogP contribution in [0.2, 0.25) is 0 Å². The van der Waals surface area contributed by atoms with Gasteiger partial charge in [-0.25, -0.2) is 4.79 Å². The first-order chi connectivity index (χ1) is 7.81. The predicted octanol–water partition coefficient (Wildman–Crippen LogP) is 3.06. The minimum atomic E-state index is -0.467. The predicted molar refractivity (Wildman–Crippen MR) is 59.5 cm³/mol. The average molecular weight is 216 g/mol. The highest BCUT2D eigenvalue weighted by atomic mass is 16.5. The van der Waals surface area contributed by atoms with Gasteiger partial charge in [-0.15, -0.1) is 0 Å². The molecule has 3 heteroatoms. The summed E-state index contributed by atoms with van der Waals surface area (Å²) < 4.78 is 10.2. The molecule has 0 bridgehead atoms. The molecular formula is C13H12O3. The van der Waals surface area contributed by atoms with Crippen molar-refractivity contribution in [3.63, 3.8) is 0 Å². The number of hydrogen-bond donors (Lipinski definition) is 0. The quantitative estimate of drug-likeness (QED) is 0.584. The van der Waals surface area contributed by atoms with E-state index >= 15 is 0 Å². The fourth-order valence-electron chi connectivity index (χ4n) is 1.44. The van der Waals surface area contributed by atoms with E-state index in [0.717, 1.165) is 12.0 Å². The van der Waals surface area contributed by atoms with Gasteiger partial charge >= 0.3 is 5.97 Å². The van der Waals surface area contributed by atoms with Crippen molar-refractivity contribution >= 4 is 5.97 Å². The van der Waals surface area contributed by atoms with Gasteiger partial charge in [0.05, 0.1) is 6.26 Å². The molecule has 1 aromatic heterocycles. The Kier molecular flexibility index (Phi) is 3.05. The molecule has 2 rings (SSSR count). The molecule has 0 aliphatic heterocycles. The normalized spacial score (nSPS) is 10.1. The minimum Gasteiger partial charge on any atom is -0.457 e. The number of carbonyl (C=O) groups is 1. The Morgan fingerprint density at radius 3 is 2.75 bits per heavy atom. The summed E-state index contributed by atoms with van der Waals surface area (Å²) in [6.07, 6.45) is 2.27. The summed E-state index contributed by atoms with van der Waals surface area (Å²) in [6, 6.07) is 10.7. The van der Waals surface area contributed by atoms with Crippen LogP contribution in [0.15, 0.2) is 47.1 Å². The second-order valence-corrected chi connectivity index (χ2v) is 3.33. The Morgan fingerprint density at radius 1 is 1.25 bits per heavy atom. The molecular weight excluding hydrogens is 204 g/mol. The van der Waals surface area contributed by atoms with E-state index in [-0.39, 0.29) is 5.76 Å². The summed E-state index contributed by atoms with van der Waals surface area (Å²) >= 11 is 0. The van der Waals surface area contributed by atoms with Crippen molar-refractivity contribution in [1.29, 1.82) is 0 Å². The zero-order valence-electron chi connectivity index (χ0n) is 8.97. The Labute approximate surface area is 93.7 Å². The fraction of sp³-hybridized carbons (Fsp3) is 0.154. The van der Waals surface area contributed by atoms with Gasteiger partial charge in [0, 0.05) is 0 Å². The maximum atomic E-state index is 11.6. The topological polar surface area (TPSA) is 39.4 Å². The molecule has 0 aliphatic carbocycles. The van der Waals surface area contributed by atoms with Gasteiger partial charge in [-0.2, -0.15) is 0 Å². The molecule has 1 aromatic carbocycles. The third kappa shape index (κ3) is 2.14. The van der Waals surface area contributed by atoms with E-state index in [2.05, 4.69) is 0 Å². The molecule has 0 atom stereocenters. The van der Waals surface area contributed by atoms with Gasteiger partial charge in [-0.05, 0) is 30.2 Å². The number of aryl methyl sites for hydroxylation is 1. The van der Waals surface area contributed by atoms with Crippen LogP contribution in [0.3, 0.4) is 0 Å². The number of rotatable bonds is 3. The van der Waals surface area contributed by atoms with Gasteiger partial charge in [0.15, 0.2) is 0 Å². The number of carbonyl (C=O) groups excluding carboxylic acids is 1. The van der Waals surface area contributed by atoms with Gasteiger partial charge < -0.3 is 9.15 Å². The van der Waals surface area contributed by atoms with Crippen molar-refractivity contribution in [3.05, 3.63) is 54.0 Å². The molecule has 82 valence electrons. The highest BCUT2D eigenvalue weighted by molar-refractivity contribution is 5.88. The molecule has 0 saturated heterocycles. The summed E-state index contributed by atoms with van der Waals surface area (Å²) in [7, 11) is 0. The molecule has 16 heavy (non-hydrogen) atoms. The van der Waals surface area contributed by atoms with Crippen LogP contribution >= 0.6 is 0 Å². The fourth-order valence-corrected chi connectivity index (χ4v) is 1.44. The lowest BCUT2D eigenvalue weighted by atomic mass is 10.1. The van der Waals surface area contributed by atoms with Crippen LogP contribution in [0.5, 0.6) is 5.75 Å². The van der Waals surface area contributed by atoms with Crippen molar-refractivity contribution < 1.29 is 13.9 Å². The number of hydrogen-bond acceptors (Lipinski definition) is 3. The summed E-state index contributed by atoms with van der Waals surface area (Å²) in [6.45, 7) is 2.01. The van der Waals surface area contributed by atoms with E-state index in [4.69, 9.17) is 9.15 Å². The van der Waals surface area contributed by atoms with E-state index in [0.29, 0.717) is 5.75 Å². The van der Waals surface area contributed by atoms with Gasteiger partial charge in [0.2, 0.25) is 5.76 Å². The Bertz CT molecular complexity index is 472. The highest BCUT2D eigenvalue weighted by Crippen LogP contribution is 2.19. The van der Waals surface area contributed by atoms with Crippen LogP contribution in [0, 0.1) is 0 Å². The van der Waals surface area contributed by atoms with Gasteiger partial charge in [0.25, 0.3) is 0 Å². The van der Waals surface area contributed by atoms with Crippen molar-refractivity contribution in [1.82, 2.24) is 0 Å². The zero-order valence-corrected chi connectivity index (χ0v) is 8.97. The third-order valence-corrected chi connectivity index (χ3v) is 2.28. The van der Waals surface area contributed by atoms with Crippen LogP contribution in [0.1, 0.15) is 23.0 Å². The molecule has 0 N–H and O–H groups in total.